The third-order valence-corrected chi connectivity index (χ3v) is 2.40. The van der Waals surface area contributed by atoms with E-state index in [1.54, 1.807) is 6.20 Å². The molecule has 0 fully saturated rings. The third kappa shape index (κ3) is 2.33. The molecule has 2 aromatic heterocycles. The first kappa shape index (κ1) is 11.0. The normalized spacial score (nSPS) is 10.9. The van der Waals surface area contributed by atoms with Crippen LogP contribution >= 0.6 is 0 Å². The summed E-state index contributed by atoms with van der Waals surface area (Å²) < 4.78 is 11.2. The molecule has 0 spiro atoms. The average molecular weight is 220 g/mol. The fourth-order valence-corrected chi connectivity index (χ4v) is 1.47. The standard InChI is InChI=1S/C12H16N2O2/c1-3-9-4-5-10(15-9)11-8-14-12(16-11)6-7-13-2/h4-5,8,13H,3,6-7H2,1-2H3. The van der Waals surface area contributed by atoms with Crippen molar-refractivity contribution < 1.29 is 8.83 Å². The molecule has 2 aromatic rings. The number of nitrogens with one attached hydrogen (secondary N) is 1. The number of furan rings is 1. The van der Waals surface area contributed by atoms with Crippen molar-refractivity contribution in [1.29, 1.82) is 0 Å². The van der Waals surface area contributed by atoms with Crippen LogP contribution in [0.1, 0.15) is 18.6 Å². The van der Waals surface area contributed by atoms with E-state index >= 15 is 0 Å². The van der Waals surface area contributed by atoms with Crippen molar-refractivity contribution in [2.24, 2.45) is 0 Å². The molecule has 0 saturated heterocycles. The van der Waals surface area contributed by atoms with Gasteiger partial charge in [-0.2, -0.15) is 0 Å². The van der Waals surface area contributed by atoms with Crippen LogP contribution in [0.25, 0.3) is 11.5 Å². The molecule has 2 rings (SSSR count). The van der Waals surface area contributed by atoms with E-state index < -0.39 is 0 Å². The quantitative estimate of drug-likeness (QED) is 0.839. The summed E-state index contributed by atoms with van der Waals surface area (Å²) in [6.07, 6.45) is 3.39. The van der Waals surface area contributed by atoms with Crippen LogP contribution in [-0.2, 0) is 12.8 Å². The lowest BCUT2D eigenvalue weighted by Crippen LogP contribution is -2.10. The molecule has 0 atom stereocenters. The van der Waals surface area contributed by atoms with Crippen molar-refractivity contribution in [1.82, 2.24) is 10.3 Å². The third-order valence-electron chi connectivity index (χ3n) is 2.40. The molecule has 0 aliphatic rings. The van der Waals surface area contributed by atoms with Crippen molar-refractivity contribution in [3.8, 4) is 11.5 Å². The first-order chi connectivity index (χ1) is 7.83. The number of aromatic nitrogens is 1. The minimum atomic E-state index is 0.700. The summed E-state index contributed by atoms with van der Waals surface area (Å²) >= 11 is 0. The van der Waals surface area contributed by atoms with Gasteiger partial charge in [-0.1, -0.05) is 6.92 Å². The highest BCUT2D eigenvalue weighted by atomic mass is 16.4. The van der Waals surface area contributed by atoms with Crippen LogP contribution in [0, 0.1) is 0 Å². The zero-order chi connectivity index (χ0) is 11.4. The lowest BCUT2D eigenvalue weighted by atomic mass is 10.3. The molecule has 4 nitrogen and oxygen atoms in total. The molecule has 0 aliphatic heterocycles. The first-order valence-electron chi connectivity index (χ1n) is 5.52. The van der Waals surface area contributed by atoms with Crippen LogP contribution in [0.15, 0.2) is 27.2 Å². The van der Waals surface area contributed by atoms with Gasteiger partial charge in [0.25, 0.3) is 0 Å². The van der Waals surface area contributed by atoms with Crippen molar-refractivity contribution in [2.75, 3.05) is 13.6 Å². The van der Waals surface area contributed by atoms with E-state index in [1.807, 2.05) is 19.2 Å². The van der Waals surface area contributed by atoms with Crippen LogP contribution in [0.3, 0.4) is 0 Å². The van der Waals surface area contributed by atoms with Crippen LogP contribution < -0.4 is 5.32 Å². The summed E-state index contributed by atoms with van der Waals surface area (Å²) in [5.41, 5.74) is 0. The van der Waals surface area contributed by atoms with Gasteiger partial charge in [-0.25, -0.2) is 4.98 Å². The molecular weight excluding hydrogens is 204 g/mol. The Morgan fingerprint density at radius 3 is 2.81 bits per heavy atom. The van der Waals surface area contributed by atoms with E-state index in [-0.39, 0.29) is 0 Å². The van der Waals surface area contributed by atoms with E-state index in [1.165, 1.54) is 0 Å². The molecule has 0 aliphatic carbocycles. The molecule has 4 heteroatoms. The van der Waals surface area contributed by atoms with Gasteiger partial charge < -0.3 is 14.2 Å². The minimum Gasteiger partial charge on any atom is -0.458 e. The highest BCUT2D eigenvalue weighted by Crippen LogP contribution is 2.23. The average Bonchev–Trinajstić information content (AvgIpc) is 2.94. The molecule has 0 amide bonds. The molecule has 2 heterocycles. The second kappa shape index (κ2) is 4.99. The van der Waals surface area contributed by atoms with E-state index in [0.29, 0.717) is 5.76 Å². The second-order valence-electron chi connectivity index (χ2n) is 3.59. The Balaban J connectivity index is 2.11. The van der Waals surface area contributed by atoms with Gasteiger partial charge >= 0.3 is 0 Å². The van der Waals surface area contributed by atoms with Crippen LogP contribution in [-0.4, -0.2) is 18.6 Å². The lowest BCUT2D eigenvalue weighted by Gasteiger charge is -1.93. The van der Waals surface area contributed by atoms with Gasteiger partial charge in [-0.15, -0.1) is 0 Å². The number of rotatable bonds is 5. The number of likely N-dealkylation sites (N-methyl/N-ethyl adjacent to an activating group) is 1. The molecule has 1 N–H and O–H groups in total. The minimum absolute atomic E-state index is 0.700. The van der Waals surface area contributed by atoms with Crippen LogP contribution in [0.2, 0.25) is 0 Å². The predicted octanol–water partition coefficient (Wildman–Crippen LogP) is 2.26. The van der Waals surface area contributed by atoms with Gasteiger partial charge in [0, 0.05) is 19.4 Å². The summed E-state index contributed by atoms with van der Waals surface area (Å²) in [5, 5.41) is 3.06. The number of oxazole rings is 1. The molecule has 0 unspecified atom stereocenters. The highest BCUT2D eigenvalue weighted by molar-refractivity contribution is 5.48. The maximum Gasteiger partial charge on any atom is 0.196 e. The fraction of sp³-hybridized carbons (Fsp3) is 0.417. The van der Waals surface area contributed by atoms with Crippen LogP contribution in [0.4, 0.5) is 0 Å². The maximum absolute atomic E-state index is 5.59. The molecule has 86 valence electrons. The molecule has 0 bridgehead atoms. The molecule has 0 radical (unpaired) electrons. The Kier molecular flexibility index (Phi) is 3.41. The number of aryl methyl sites for hydroxylation is 1. The Labute approximate surface area is 94.7 Å². The van der Waals surface area contributed by atoms with Gasteiger partial charge in [0.15, 0.2) is 17.4 Å². The number of hydrogen-bond donors (Lipinski definition) is 1. The lowest BCUT2D eigenvalue weighted by molar-refractivity contribution is 0.467. The summed E-state index contributed by atoms with van der Waals surface area (Å²) in [5.74, 6) is 3.15. The highest BCUT2D eigenvalue weighted by Gasteiger charge is 2.09. The monoisotopic (exact) mass is 220 g/mol. The van der Waals surface area contributed by atoms with E-state index in [2.05, 4.69) is 17.2 Å². The van der Waals surface area contributed by atoms with E-state index in [4.69, 9.17) is 8.83 Å². The molecule has 0 saturated carbocycles. The van der Waals surface area contributed by atoms with Gasteiger partial charge in [0.2, 0.25) is 0 Å². The summed E-state index contributed by atoms with van der Waals surface area (Å²) in [6.45, 7) is 2.92. The Morgan fingerprint density at radius 1 is 1.25 bits per heavy atom. The SMILES string of the molecule is CCc1ccc(-c2cnc(CCNC)o2)o1. The van der Waals surface area contributed by atoms with Gasteiger partial charge in [0.05, 0.1) is 6.20 Å². The summed E-state index contributed by atoms with van der Waals surface area (Å²) in [4.78, 5) is 4.20. The predicted molar refractivity (Wildman–Crippen MR) is 61.2 cm³/mol. The Morgan fingerprint density at radius 2 is 2.12 bits per heavy atom. The number of hydrogen-bond acceptors (Lipinski definition) is 4. The van der Waals surface area contributed by atoms with Gasteiger partial charge in [0.1, 0.15) is 5.76 Å². The van der Waals surface area contributed by atoms with E-state index in [0.717, 1.165) is 36.8 Å². The maximum atomic E-state index is 5.59. The largest absolute Gasteiger partial charge is 0.458 e. The van der Waals surface area contributed by atoms with Crippen molar-refractivity contribution in [3.05, 3.63) is 30.0 Å². The van der Waals surface area contributed by atoms with Gasteiger partial charge in [-0.3, -0.25) is 0 Å². The number of nitrogens with zero attached hydrogens (tertiary/aromatic N) is 1. The fourth-order valence-electron chi connectivity index (χ4n) is 1.47. The summed E-state index contributed by atoms with van der Waals surface area (Å²) in [6, 6.07) is 3.88. The van der Waals surface area contributed by atoms with Crippen molar-refractivity contribution in [2.45, 2.75) is 19.8 Å². The molecular formula is C12H16N2O2. The van der Waals surface area contributed by atoms with Crippen molar-refractivity contribution in [3.63, 3.8) is 0 Å². The second-order valence-corrected chi connectivity index (χ2v) is 3.59. The molecule has 0 aromatic carbocycles. The summed E-state index contributed by atoms with van der Waals surface area (Å²) in [7, 11) is 1.91. The zero-order valence-corrected chi connectivity index (χ0v) is 9.62. The Bertz CT molecular complexity index is 445. The topological polar surface area (TPSA) is 51.2 Å². The van der Waals surface area contributed by atoms with Gasteiger partial charge in [-0.05, 0) is 19.2 Å². The van der Waals surface area contributed by atoms with Crippen molar-refractivity contribution >= 4 is 0 Å². The first-order valence-corrected chi connectivity index (χ1v) is 5.52. The zero-order valence-electron chi connectivity index (χ0n) is 9.62. The van der Waals surface area contributed by atoms with Crippen LogP contribution in [0.5, 0.6) is 0 Å². The molecule has 16 heavy (non-hydrogen) atoms. The smallest absolute Gasteiger partial charge is 0.196 e. The Hall–Kier alpha value is -1.55. The van der Waals surface area contributed by atoms with E-state index in [9.17, 15) is 0 Å².